The van der Waals surface area contributed by atoms with Crippen molar-refractivity contribution in [3.8, 4) is 0 Å². The Kier molecular flexibility index (Phi) is 5.03. The topological polar surface area (TPSA) is 61.9 Å². The second kappa shape index (κ2) is 6.79. The van der Waals surface area contributed by atoms with E-state index in [4.69, 9.17) is 4.74 Å². The number of rotatable bonds is 3. The second-order valence-corrected chi connectivity index (χ2v) is 5.79. The third-order valence-electron chi connectivity index (χ3n) is 3.82. The summed E-state index contributed by atoms with van der Waals surface area (Å²) in [5.41, 5.74) is 3.22. The van der Waals surface area contributed by atoms with Crippen LogP contribution in [-0.2, 0) is 9.53 Å². The number of hydrogen-bond donors (Lipinski definition) is 1. The molecule has 1 aromatic rings. The van der Waals surface area contributed by atoms with Crippen molar-refractivity contribution in [2.75, 3.05) is 38.7 Å². The van der Waals surface area contributed by atoms with E-state index in [1.54, 1.807) is 19.0 Å². The van der Waals surface area contributed by atoms with E-state index in [0.717, 1.165) is 11.3 Å². The summed E-state index contributed by atoms with van der Waals surface area (Å²) in [7, 11) is 3.37. The maximum atomic E-state index is 12.1. The predicted octanol–water partition coefficient (Wildman–Crippen LogP) is 1.31. The number of nitrogens with zero attached hydrogens (tertiary/aromatic N) is 2. The molecular formula is C16H23N3O3. The number of aryl methyl sites for hydroxylation is 2. The number of morpholine rings is 1. The zero-order valence-corrected chi connectivity index (χ0v) is 13.5. The van der Waals surface area contributed by atoms with Crippen LogP contribution in [0.25, 0.3) is 0 Å². The summed E-state index contributed by atoms with van der Waals surface area (Å²) >= 11 is 0. The standard InChI is InChI=1S/C16H23N3O3/c1-11-5-6-13(7-12(11)2)19-9-14(22-10-15(19)20)8-17-16(21)18(3)4/h5-7,14H,8-10H2,1-4H3,(H,17,21). The van der Waals surface area contributed by atoms with Gasteiger partial charge < -0.3 is 19.9 Å². The Morgan fingerprint density at radius 1 is 1.36 bits per heavy atom. The minimum Gasteiger partial charge on any atom is -0.365 e. The summed E-state index contributed by atoms with van der Waals surface area (Å²) < 4.78 is 5.50. The number of urea groups is 1. The Morgan fingerprint density at radius 2 is 2.09 bits per heavy atom. The largest absolute Gasteiger partial charge is 0.365 e. The van der Waals surface area contributed by atoms with Gasteiger partial charge in [0.25, 0.3) is 5.91 Å². The molecule has 22 heavy (non-hydrogen) atoms. The van der Waals surface area contributed by atoms with Gasteiger partial charge in [0, 0.05) is 26.3 Å². The van der Waals surface area contributed by atoms with Crippen LogP contribution in [0.1, 0.15) is 11.1 Å². The van der Waals surface area contributed by atoms with Gasteiger partial charge in [-0.3, -0.25) is 4.79 Å². The molecule has 1 atom stereocenters. The van der Waals surface area contributed by atoms with Gasteiger partial charge >= 0.3 is 6.03 Å². The zero-order valence-electron chi connectivity index (χ0n) is 13.5. The van der Waals surface area contributed by atoms with E-state index >= 15 is 0 Å². The minimum absolute atomic E-state index is 0.0371. The van der Waals surface area contributed by atoms with Gasteiger partial charge in [-0.1, -0.05) is 6.07 Å². The van der Waals surface area contributed by atoms with E-state index in [9.17, 15) is 9.59 Å². The summed E-state index contributed by atoms with van der Waals surface area (Å²) in [6.45, 7) is 4.93. The van der Waals surface area contributed by atoms with Crippen LogP contribution in [0.5, 0.6) is 0 Å². The Balaban J connectivity index is 2.03. The molecule has 0 radical (unpaired) electrons. The van der Waals surface area contributed by atoms with Crippen LogP contribution in [-0.4, -0.2) is 56.7 Å². The smallest absolute Gasteiger partial charge is 0.316 e. The summed E-state index contributed by atoms with van der Waals surface area (Å²) in [6, 6.07) is 5.80. The Bertz CT molecular complexity index is 572. The van der Waals surface area contributed by atoms with E-state index in [-0.39, 0.29) is 24.6 Å². The Morgan fingerprint density at radius 3 is 2.73 bits per heavy atom. The fourth-order valence-electron chi connectivity index (χ4n) is 2.25. The van der Waals surface area contributed by atoms with Crippen LogP contribution in [0.2, 0.25) is 0 Å². The molecule has 0 saturated carbocycles. The summed E-state index contributed by atoms with van der Waals surface area (Å²) in [6.07, 6.45) is -0.205. The molecular weight excluding hydrogens is 282 g/mol. The maximum Gasteiger partial charge on any atom is 0.316 e. The van der Waals surface area contributed by atoms with Crippen LogP contribution in [0.15, 0.2) is 18.2 Å². The van der Waals surface area contributed by atoms with Crippen molar-refractivity contribution in [1.29, 1.82) is 0 Å². The first-order valence-corrected chi connectivity index (χ1v) is 7.33. The van der Waals surface area contributed by atoms with Gasteiger partial charge in [0.05, 0.1) is 12.6 Å². The third kappa shape index (κ3) is 3.76. The average Bonchev–Trinajstić information content (AvgIpc) is 2.48. The SMILES string of the molecule is Cc1ccc(N2CC(CNC(=O)N(C)C)OCC2=O)cc1C. The Labute approximate surface area is 131 Å². The lowest BCUT2D eigenvalue weighted by molar-refractivity contribution is -0.129. The van der Waals surface area contributed by atoms with Gasteiger partial charge in [-0.15, -0.1) is 0 Å². The molecule has 6 heteroatoms. The molecule has 1 heterocycles. The van der Waals surface area contributed by atoms with Gasteiger partial charge in [-0.05, 0) is 37.1 Å². The number of carbonyl (C=O) groups is 2. The van der Waals surface area contributed by atoms with E-state index < -0.39 is 0 Å². The lowest BCUT2D eigenvalue weighted by Crippen LogP contribution is -2.51. The molecule has 0 aliphatic carbocycles. The van der Waals surface area contributed by atoms with E-state index in [2.05, 4.69) is 5.32 Å². The normalized spacial score (nSPS) is 18.3. The molecule has 0 aromatic heterocycles. The number of anilines is 1. The molecule has 0 spiro atoms. The third-order valence-corrected chi connectivity index (χ3v) is 3.82. The first-order valence-electron chi connectivity index (χ1n) is 7.33. The number of benzene rings is 1. The predicted molar refractivity (Wildman–Crippen MR) is 85.1 cm³/mol. The van der Waals surface area contributed by atoms with Crippen molar-refractivity contribution in [3.05, 3.63) is 29.3 Å². The lowest BCUT2D eigenvalue weighted by Gasteiger charge is -2.33. The van der Waals surface area contributed by atoms with Gasteiger partial charge in [0.1, 0.15) is 6.61 Å². The molecule has 0 bridgehead atoms. The van der Waals surface area contributed by atoms with E-state index in [1.807, 2.05) is 32.0 Å². The molecule has 1 saturated heterocycles. The molecule has 1 aliphatic rings. The lowest BCUT2D eigenvalue weighted by atomic mass is 10.1. The molecule has 1 aromatic carbocycles. The van der Waals surface area contributed by atoms with Crippen molar-refractivity contribution >= 4 is 17.6 Å². The van der Waals surface area contributed by atoms with Crippen molar-refractivity contribution in [3.63, 3.8) is 0 Å². The highest BCUT2D eigenvalue weighted by Crippen LogP contribution is 2.21. The highest BCUT2D eigenvalue weighted by molar-refractivity contribution is 5.95. The molecule has 6 nitrogen and oxygen atoms in total. The second-order valence-electron chi connectivity index (χ2n) is 5.79. The van der Waals surface area contributed by atoms with Crippen molar-refractivity contribution in [1.82, 2.24) is 10.2 Å². The van der Waals surface area contributed by atoms with Gasteiger partial charge in [0.2, 0.25) is 0 Å². The molecule has 1 aliphatic heterocycles. The monoisotopic (exact) mass is 305 g/mol. The molecule has 1 unspecified atom stereocenters. The minimum atomic E-state index is -0.205. The van der Waals surface area contributed by atoms with Crippen molar-refractivity contribution in [2.24, 2.45) is 0 Å². The average molecular weight is 305 g/mol. The fourth-order valence-corrected chi connectivity index (χ4v) is 2.25. The van der Waals surface area contributed by atoms with E-state index in [0.29, 0.717) is 13.1 Å². The van der Waals surface area contributed by atoms with Gasteiger partial charge in [-0.2, -0.15) is 0 Å². The van der Waals surface area contributed by atoms with E-state index in [1.165, 1.54) is 10.5 Å². The number of carbonyl (C=O) groups excluding carboxylic acids is 2. The fraction of sp³-hybridized carbons (Fsp3) is 0.500. The van der Waals surface area contributed by atoms with Crippen LogP contribution in [0, 0.1) is 13.8 Å². The summed E-state index contributed by atoms with van der Waals surface area (Å²) in [5.74, 6) is -0.0570. The summed E-state index contributed by atoms with van der Waals surface area (Å²) in [4.78, 5) is 26.8. The van der Waals surface area contributed by atoms with Crippen LogP contribution in [0.3, 0.4) is 0 Å². The molecule has 120 valence electrons. The van der Waals surface area contributed by atoms with Gasteiger partial charge in [-0.25, -0.2) is 4.79 Å². The van der Waals surface area contributed by atoms with Crippen molar-refractivity contribution in [2.45, 2.75) is 20.0 Å². The number of nitrogens with one attached hydrogen (secondary N) is 1. The maximum absolute atomic E-state index is 12.1. The quantitative estimate of drug-likeness (QED) is 0.916. The first kappa shape index (κ1) is 16.3. The van der Waals surface area contributed by atoms with Gasteiger partial charge in [0.15, 0.2) is 0 Å². The molecule has 3 amide bonds. The number of hydrogen-bond acceptors (Lipinski definition) is 3. The number of amides is 3. The van der Waals surface area contributed by atoms with Crippen LogP contribution in [0.4, 0.5) is 10.5 Å². The first-order chi connectivity index (χ1) is 10.4. The van der Waals surface area contributed by atoms with Crippen LogP contribution < -0.4 is 10.2 Å². The van der Waals surface area contributed by atoms with Crippen LogP contribution >= 0.6 is 0 Å². The summed E-state index contributed by atoms with van der Waals surface area (Å²) in [5, 5.41) is 2.78. The molecule has 2 rings (SSSR count). The zero-order chi connectivity index (χ0) is 16.3. The molecule has 1 fully saturated rings. The molecule has 1 N–H and O–H groups in total. The van der Waals surface area contributed by atoms with Crippen molar-refractivity contribution < 1.29 is 14.3 Å². The highest BCUT2D eigenvalue weighted by atomic mass is 16.5. The number of ether oxygens (including phenoxy) is 1. The Hall–Kier alpha value is -2.08. The highest BCUT2D eigenvalue weighted by Gasteiger charge is 2.27.